The van der Waals surface area contributed by atoms with Crippen LogP contribution in [0.5, 0.6) is 0 Å². The average Bonchev–Trinajstić information content (AvgIpc) is 2.72. The molecule has 136 valence electrons. The number of urea groups is 1. The number of rotatable bonds is 4. The molecule has 7 heteroatoms. The van der Waals surface area contributed by atoms with Gasteiger partial charge in [-0.25, -0.2) is 9.59 Å². The Morgan fingerprint density at radius 2 is 1.92 bits per heavy atom. The molecule has 0 aliphatic carbocycles. The number of carbonyl (C=O) groups excluding carboxylic acids is 2. The molecule has 0 saturated carbocycles. The van der Waals surface area contributed by atoms with Crippen LogP contribution in [0, 0.1) is 0 Å². The van der Waals surface area contributed by atoms with Crippen LogP contribution in [0.3, 0.4) is 0 Å². The third-order valence-corrected chi connectivity index (χ3v) is 4.19. The largest absolute Gasteiger partial charge is 0.465 e. The van der Waals surface area contributed by atoms with Gasteiger partial charge in [0.25, 0.3) is 0 Å². The van der Waals surface area contributed by atoms with E-state index in [1.165, 1.54) is 7.11 Å². The Morgan fingerprint density at radius 1 is 1.19 bits per heavy atom. The Balaban J connectivity index is 1.81. The van der Waals surface area contributed by atoms with Gasteiger partial charge in [0.1, 0.15) is 0 Å². The molecule has 1 saturated heterocycles. The maximum absolute atomic E-state index is 13.0. The molecule has 0 spiro atoms. The van der Waals surface area contributed by atoms with Gasteiger partial charge < -0.3 is 14.4 Å². The number of hydrogen-bond donors (Lipinski definition) is 0. The second-order valence-corrected chi connectivity index (χ2v) is 5.87. The number of methoxy groups -OCH3 is 1. The quantitative estimate of drug-likeness (QED) is 0.787. The van der Waals surface area contributed by atoms with Crippen molar-refractivity contribution in [2.24, 2.45) is 0 Å². The first-order valence-corrected chi connectivity index (χ1v) is 8.40. The number of hydrogen-bond acceptors (Lipinski definition) is 5. The second-order valence-electron chi connectivity index (χ2n) is 5.87. The molecule has 1 aromatic heterocycles. The van der Waals surface area contributed by atoms with Crippen molar-refractivity contribution in [3.8, 4) is 0 Å². The van der Waals surface area contributed by atoms with E-state index in [2.05, 4.69) is 4.98 Å². The topological polar surface area (TPSA) is 72.0 Å². The Labute approximate surface area is 152 Å². The Kier molecular flexibility index (Phi) is 5.80. The normalized spacial score (nSPS) is 14.0. The molecule has 1 aliphatic heterocycles. The van der Waals surface area contributed by atoms with Crippen molar-refractivity contribution in [1.29, 1.82) is 0 Å². The first-order valence-electron chi connectivity index (χ1n) is 8.40. The number of aromatic nitrogens is 1. The fourth-order valence-corrected chi connectivity index (χ4v) is 2.75. The van der Waals surface area contributed by atoms with E-state index >= 15 is 0 Å². The van der Waals surface area contributed by atoms with E-state index < -0.39 is 0 Å². The molecular formula is C19H21N3O4. The van der Waals surface area contributed by atoms with Crippen molar-refractivity contribution < 1.29 is 19.1 Å². The van der Waals surface area contributed by atoms with E-state index in [1.54, 1.807) is 40.4 Å². The zero-order valence-corrected chi connectivity index (χ0v) is 14.6. The summed E-state index contributed by atoms with van der Waals surface area (Å²) in [5.74, 6) is -0.384. The number of carbonyl (C=O) groups is 2. The first-order chi connectivity index (χ1) is 12.7. The summed E-state index contributed by atoms with van der Waals surface area (Å²) in [7, 11) is 1.35. The van der Waals surface area contributed by atoms with Crippen molar-refractivity contribution in [3.05, 3.63) is 59.9 Å². The first kappa shape index (κ1) is 17.9. The van der Waals surface area contributed by atoms with Crippen molar-refractivity contribution in [2.75, 3.05) is 38.3 Å². The molecule has 0 bridgehead atoms. The van der Waals surface area contributed by atoms with Gasteiger partial charge in [0.15, 0.2) is 0 Å². The standard InChI is InChI=1S/C19H21N3O4/c1-25-18(23)16-6-4-15(5-7-16)14-22(17-3-2-8-20-13-17)19(24)21-9-11-26-12-10-21/h2-8,13H,9-12,14H2,1H3. The van der Waals surface area contributed by atoms with Gasteiger partial charge >= 0.3 is 12.0 Å². The number of nitrogens with zero attached hydrogens (tertiary/aromatic N) is 3. The molecule has 1 aliphatic rings. The summed E-state index contributed by atoms with van der Waals surface area (Å²) in [6.45, 7) is 2.60. The molecule has 2 amide bonds. The molecule has 2 aromatic rings. The van der Waals surface area contributed by atoms with E-state index in [1.807, 2.05) is 18.2 Å². The maximum atomic E-state index is 13.0. The molecule has 1 aromatic carbocycles. The highest BCUT2D eigenvalue weighted by Crippen LogP contribution is 2.19. The van der Waals surface area contributed by atoms with Gasteiger partial charge in [0.2, 0.25) is 0 Å². The predicted octanol–water partition coefficient (Wildman–Crippen LogP) is 2.33. The number of benzene rings is 1. The van der Waals surface area contributed by atoms with E-state index in [9.17, 15) is 9.59 Å². The molecule has 26 heavy (non-hydrogen) atoms. The molecule has 0 unspecified atom stereocenters. The monoisotopic (exact) mass is 355 g/mol. The molecule has 3 rings (SSSR count). The van der Waals surface area contributed by atoms with Crippen LogP contribution in [0.1, 0.15) is 15.9 Å². The number of amides is 2. The summed E-state index contributed by atoms with van der Waals surface area (Å²) in [4.78, 5) is 32.2. The zero-order chi connectivity index (χ0) is 18.4. The van der Waals surface area contributed by atoms with Crippen molar-refractivity contribution in [3.63, 3.8) is 0 Å². The molecule has 0 N–H and O–H groups in total. The predicted molar refractivity (Wildman–Crippen MR) is 96.0 cm³/mol. The minimum Gasteiger partial charge on any atom is -0.465 e. The molecular weight excluding hydrogens is 334 g/mol. The molecule has 0 radical (unpaired) electrons. The Hall–Kier alpha value is -2.93. The van der Waals surface area contributed by atoms with Gasteiger partial charge in [-0.05, 0) is 29.8 Å². The van der Waals surface area contributed by atoms with Gasteiger partial charge in [-0.1, -0.05) is 12.1 Å². The highest BCUT2D eigenvalue weighted by Gasteiger charge is 2.24. The van der Waals surface area contributed by atoms with Crippen LogP contribution < -0.4 is 4.90 Å². The lowest BCUT2D eigenvalue weighted by Gasteiger charge is -2.33. The highest BCUT2D eigenvalue weighted by molar-refractivity contribution is 5.92. The van der Waals surface area contributed by atoms with E-state index in [4.69, 9.17) is 9.47 Å². The van der Waals surface area contributed by atoms with Crippen molar-refractivity contribution in [1.82, 2.24) is 9.88 Å². The summed E-state index contributed by atoms with van der Waals surface area (Å²) in [6, 6.07) is 10.6. The summed E-state index contributed by atoms with van der Waals surface area (Å²) < 4.78 is 10.0. The summed E-state index contributed by atoms with van der Waals surface area (Å²) in [5.41, 5.74) is 2.10. The van der Waals surface area contributed by atoms with Crippen LogP contribution in [0.15, 0.2) is 48.8 Å². The lowest BCUT2D eigenvalue weighted by molar-refractivity contribution is 0.0548. The van der Waals surface area contributed by atoms with Crippen LogP contribution >= 0.6 is 0 Å². The van der Waals surface area contributed by atoms with Gasteiger partial charge in [0, 0.05) is 19.3 Å². The number of esters is 1. The van der Waals surface area contributed by atoms with Gasteiger partial charge in [-0.15, -0.1) is 0 Å². The van der Waals surface area contributed by atoms with Crippen LogP contribution in [0.4, 0.5) is 10.5 Å². The lowest BCUT2D eigenvalue weighted by atomic mass is 10.1. The third-order valence-electron chi connectivity index (χ3n) is 4.19. The lowest BCUT2D eigenvalue weighted by Crippen LogP contribution is -2.48. The molecule has 1 fully saturated rings. The van der Waals surface area contributed by atoms with E-state index in [0.717, 1.165) is 11.3 Å². The van der Waals surface area contributed by atoms with E-state index in [0.29, 0.717) is 38.4 Å². The summed E-state index contributed by atoms with van der Waals surface area (Å²) >= 11 is 0. The van der Waals surface area contributed by atoms with E-state index in [-0.39, 0.29) is 12.0 Å². The van der Waals surface area contributed by atoms with Gasteiger partial charge in [-0.2, -0.15) is 0 Å². The molecule has 0 atom stereocenters. The fourth-order valence-electron chi connectivity index (χ4n) is 2.75. The van der Waals surface area contributed by atoms with Crippen LogP contribution in [-0.2, 0) is 16.0 Å². The van der Waals surface area contributed by atoms with Crippen LogP contribution in [0.25, 0.3) is 0 Å². The van der Waals surface area contributed by atoms with Crippen molar-refractivity contribution >= 4 is 17.7 Å². The van der Waals surface area contributed by atoms with Crippen molar-refractivity contribution in [2.45, 2.75) is 6.54 Å². The number of morpholine rings is 1. The molecule has 2 heterocycles. The average molecular weight is 355 g/mol. The highest BCUT2D eigenvalue weighted by atomic mass is 16.5. The number of ether oxygens (including phenoxy) is 2. The van der Waals surface area contributed by atoms with Crippen LogP contribution in [0.2, 0.25) is 0 Å². The number of anilines is 1. The third kappa shape index (κ3) is 4.18. The summed E-state index contributed by atoms with van der Waals surface area (Å²) in [5, 5.41) is 0. The van der Waals surface area contributed by atoms with Gasteiger partial charge in [-0.3, -0.25) is 9.88 Å². The Morgan fingerprint density at radius 3 is 2.54 bits per heavy atom. The Bertz CT molecular complexity index is 743. The minimum absolute atomic E-state index is 0.0849. The second kappa shape index (κ2) is 8.44. The number of pyridine rings is 1. The SMILES string of the molecule is COC(=O)c1ccc(CN(C(=O)N2CCOCC2)c2cccnc2)cc1. The van der Waals surface area contributed by atoms with Gasteiger partial charge in [0.05, 0.1) is 44.3 Å². The molecule has 7 nitrogen and oxygen atoms in total. The maximum Gasteiger partial charge on any atom is 0.337 e. The minimum atomic E-state index is -0.384. The smallest absolute Gasteiger partial charge is 0.337 e. The fraction of sp³-hybridized carbons (Fsp3) is 0.316. The zero-order valence-electron chi connectivity index (χ0n) is 14.6. The van der Waals surface area contributed by atoms with Crippen LogP contribution in [-0.4, -0.2) is 55.3 Å². The summed E-state index contributed by atoms with van der Waals surface area (Å²) in [6.07, 6.45) is 3.34.